The number of piperazine rings is 1. The summed E-state index contributed by atoms with van der Waals surface area (Å²) in [5, 5.41) is 9.03. The molecular formula is C16H22FN3. The van der Waals surface area contributed by atoms with Gasteiger partial charge in [0.15, 0.2) is 0 Å². The van der Waals surface area contributed by atoms with Gasteiger partial charge in [0.1, 0.15) is 5.82 Å². The summed E-state index contributed by atoms with van der Waals surface area (Å²) < 4.78 is 12.9. The van der Waals surface area contributed by atoms with Gasteiger partial charge in [0, 0.05) is 31.9 Å². The average molecular weight is 275 g/mol. The van der Waals surface area contributed by atoms with Crippen molar-refractivity contribution in [1.29, 1.82) is 5.26 Å². The lowest BCUT2D eigenvalue weighted by molar-refractivity contribution is 0.230. The van der Waals surface area contributed by atoms with Crippen LogP contribution in [0.3, 0.4) is 0 Å². The lowest BCUT2D eigenvalue weighted by Gasteiger charge is -2.36. The smallest absolute Gasteiger partial charge is 0.123 e. The first-order chi connectivity index (χ1) is 9.50. The van der Waals surface area contributed by atoms with Crippen molar-refractivity contribution in [2.75, 3.05) is 37.6 Å². The molecule has 1 fully saturated rings. The number of nitriles is 1. The zero-order valence-electron chi connectivity index (χ0n) is 12.3. The van der Waals surface area contributed by atoms with Gasteiger partial charge in [-0.1, -0.05) is 0 Å². The molecule has 0 radical (unpaired) electrons. The van der Waals surface area contributed by atoms with Crippen molar-refractivity contribution in [1.82, 2.24) is 4.90 Å². The normalized spacial score (nSPS) is 17.0. The molecule has 1 heterocycles. The van der Waals surface area contributed by atoms with Crippen LogP contribution in [0.2, 0.25) is 0 Å². The highest BCUT2D eigenvalue weighted by atomic mass is 19.1. The molecule has 1 aliphatic heterocycles. The van der Waals surface area contributed by atoms with E-state index in [0.29, 0.717) is 0 Å². The average Bonchev–Trinajstić information content (AvgIpc) is 2.47. The Hall–Kier alpha value is -1.60. The number of hydrogen-bond donors (Lipinski definition) is 0. The van der Waals surface area contributed by atoms with E-state index in [2.05, 4.69) is 15.9 Å². The van der Waals surface area contributed by atoms with Gasteiger partial charge in [0.2, 0.25) is 0 Å². The van der Waals surface area contributed by atoms with Gasteiger partial charge >= 0.3 is 0 Å². The van der Waals surface area contributed by atoms with Gasteiger partial charge in [-0.15, -0.1) is 0 Å². The van der Waals surface area contributed by atoms with E-state index >= 15 is 0 Å². The van der Waals surface area contributed by atoms with Crippen LogP contribution in [0.25, 0.3) is 0 Å². The third-order valence-electron chi connectivity index (χ3n) is 3.92. The third kappa shape index (κ3) is 3.94. The summed E-state index contributed by atoms with van der Waals surface area (Å²) in [6.45, 7) is 8.86. The molecule has 1 aromatic rings. The lowest BCUT2D eigenvalue weighted by Crippen LogP contribution is -2.47. The molecule has 108 valence electrons. The highest BCUT2D eigenvalue weighted by Crippen LogP contribution is 2.21. The number of nitrogens with zero attached hydrogens (tertiary/aromatic N) is 3. The van der Waals surface area contributed by atoms with Crippen LogP contribution in [0.5, 0.6) is 0 Å². The minimum Gasteiger partial charge on any atom is -0.369 e. The van der Waals surface area contributed by atoms with E-state index in [4.69, 9.17) is 5.26 Å². The summed E-state index contributed by atoms with van der Waals surface area (Å²) in [5.74, 6) is -0.189. The predicted molar refractivity (Wildman–Crippen MR) is 79.1 cm³/mol. The number of halogens is 1. The zero-order chi connectivity index (χ0) is 14.6. The molecule has 0 aliphatic carbocycles. The molecule has 2 rings (SSSR count). The van der Waals surface area contributed by atoms with Crippen molar-refractivity contribution < 1.29 is 4.39 Å². The van der Waals surface area contributed by atoms with Gasteiger partial charge in [0.05, 0.1) is 11.5 Å². The van der Waals surface area contributed by atoms with Crippen LogP contribution < -0.4 is 4.90 Å². The first kappa shape index (κ1) is 14.8. The van der Waals surface area contributed by atoms with Crippen molar-refractivity contribution >= 4 is 5.69 Å². The Morgan fingerprint density at radius 2 is 1.75 bits per heavy atom. The van der Waals surface area contributed by atoms with Crippen molar-refractivity contribution in [3.8, 4) is 6.07 Å². The van der Waals surface area contributed by atoms with Crippen molar-refractivity contribution in [2.24, 2.45) is 5.41 Å². The van der Waals surface area contributed by atoms with Gasteiger partial charge in [0.25, 0.3) is 0 Å². The molecular weight excluding hydrogens is 253 g/mol. The Morgan fingerprint density at radius 1 is 1.15 bits per heavy atom. The molecule has 4 heteroatoms. The lowest BCUT2D eigenvalue weighted by atomic mass is 9.91. The first-order valence-corrected chi connectivity index (χ1v) is 7.14. The highest BCUT2D eigenvalue weighted by Gasteiger charge is 2.21. The quantitative estimate of drug-likeness (QED) is 0.846. The van der Waals surface area contributed by atoms with Crippen LogP contribution in [0.1, 0.15) is 20.3 Å². The fourth-order valence-corrected chi connectivity index (χ4v) is 2.38. The van der Waals surface area contributed by atoms with E-state index in [9.17, 15) is 4.39 Å². The summed E-state index contributed by atoms with van der Waals surface area (Å²) in [6, 6.07) is 9.04. The van der Waals surface area contributed by atoms with Crippen molar-refractivity contribution in [2.45, 2.75) is 20.3 Å². The standard InChI is InChI=1S/C16H22FN3/c1-16(2,13-18)7-8-19-9-11-20(12-10-19)15-5-3-14(17)4-6-15/h3-6H,7-12H2,1-2H3. The molecule has 0 atom stereocenters. The van der Waals surface area contributed by atoms with Crippen LogP contribution in [0, 0.1) is 22.6 Å². The molecule has 0 N–H and O–H groups in total. The van der Waals surface area contributed by atoms with Crippen molar-refractivity contribution in [3.05, 3.63) is 30.1 Å². The largest absolute Gasteiger partial charge is 0.369 e. The second-order valence-corrected chi connectivity index (χ2v) is 6.05. The number of hydrogen-bond acceptors (Lipinski definition) is 3. The molecule has 0 spiro atoms. The van der Waals surface area contributed by atoms with E-state index in [0.717, 1.165) is 44.8 Å². The zero-order valence-corrected chi connectivity index (χ0v) is 12.3. The highest BCUT2D eigenvalue weighted by molar-refractivity contribution is 5.46. The minimum atomic E-state index is -0.242. The molecule has 0 unspecified atom stereocenters. The molecule has 0 bridgehead atoms. The van der Waals surface area contributed by atoms with Crippen LogP contribution in [-0.2, 0) is 0 Å². The minimum absolute atomic E-state index is 0.189. The topological polar surface area (TPSA) is 30.3 Å². The molecule has 1 aromatic carbocycles. The molecule has 1 aliphatic rings. The maximum absolute atomic E-state index is 12.9. The second kappa shape index (κ2) is 6.23. The Balaban J connectivity index is 1.81. The number of anilines is 1. The molecule has 0 aromatic heterocycles. The summed E-state index contributed by atoms with van der Waals surface area (Å²) in [6.07, 6.45) is 0.903. The Morgan fingerprint density at radius 3 is 2.30 bits per heavy atom. The van der Waals surface area contributed by atoms with Gasteiger partial charge < -0.3 is 4.90 Å². The van der Waals surface area contributed by atoms with Gasteiger partial charge in [-0.05, 0) is 51.1 Å². The second-order valence-electron chi connectivity index (χ2n) is 6.05. The van der Waals surface area contributed by atoms with Crippen LogP contribution in [-0.4, -0.2) is 37.6 Å². The maximum atomic E-state index is 12.9. The Bertz CT molecular complexity index is 467. The van der Waals surface area contributed by atoms with Crippen molar-refractivity contribution in [3.63, 3.8) is 0 Å². The molecule has 20 heavy (non-hydrogen) atoms. The van der Waals surface area contributed by atoms with E-state index < -0.39 is 0 Å². The fraction of sp³-hybridized carbons (Fsp3) is 0.562. The Kier molecular flexibility index (Phi) is 4.61. The molecule has 1 saturated heterocycles. The summed E-state index contributed by atoms with van der Waals surface area (Å²) in [7, 11) is 0. The van der Waals surface area contributed by atoms with Crippen LogP contribution in [0.4, 0.5) is 10.1 Å². The third-order valence-corrected chi connectivity index (χ3v) is 3.92. The predicted octanol–water partition coefficient (Wildman–Crippen LogP) is 2.89. The van der Waals surface area contributed by atoms with E-state index in [1.807, 2.05) is 26.0 Å². The molecule has 0 amide bonds. The van der Waals surface area contributed by atoms with E-state index in [1.165, 1.54) is 12.1 Å². The summed E-state index contributed by atoms with van der Waals surface area (Å²) in [5.41, 5.74) is 0.845. The van der Waals surface area contributed by atoms with Crippen LogP contribution >= 0.6 is 0 Å². The summed E-state index contributed by atoms with van der Waals surface area (Å²) in [4.78, 5) is 4.69. The fourth-order valence-electron chi connectivity index (χ4n) is 2.38. The number of benzene rings is 1. The Labute approximate surface area is 120 Å². The summed E-state index contributed by atoms with van der Waals surface area (Å²) >= 11 is 0. The van der Waals surface area contributed by atoms with E-state index in [-0.39, 0.29) is 11.2 Å². The van der Waals surface area contributed by atoms with Gasteiger partial charge in [-0.2, -0.15) is 5.26 Å². The first-order valence-electron chi connectivity index (χ1n) is 7.14. The number of rotatable bonds is 4. The van der Waals surface area contributed by atoms with E-state index in [1.54, 1.807) is 0 Å². The van der Waals surface area contributed by atoms with Gasteiger partial charge in [-0.3, -0.25) is 4.90 Å². The SMILES string of the molecule is CC(C)(C#N)CCN1CCN(c2ccc(F)cc2)CC1. The molecule has 3 nitrogen and oxygen atoms in total. The van der Waals surface area contributed by atoms with Crippen LogP contribution in [0.15, 0.2) is 24.3 Å². The van der Waals surface area contributed by atoms with Gasteiger partial charge in [-0.25, -0.2) is 4.39 Å². The maximum Gasteiger partial charge on any atom is 0.123 e. The monoisotopic (exact) mass is 275 g/mol. The molecule has 0 saturated carbocycles.